The molecule has 3 N–H and O–H groups in total. The smallest absolute Gasteiger partial charge is 0.416 e. The topological polar surface area (TPSA) is 72.5 Å². The van der Waals surface area contributed by atoms with Crippen molar-refractivity contribution in [1.29, 1.82) is 0 Å². The van der Waals surface area contributed by atoms with Crippen LogP contribution in [0.1, 0.15) is 61.0 Å². The molecule has 0 heterocycles. The minimum Gasteiger partial charge on any atom is -0.480 e. The third kappa shape index (κ3) is 5.55. The zero-order valence-electron chi connectivity index (χ0n) is 18.3. The van der Waals surface area contributed by atoms with Gasteiger partial charge < -0.3 is 15.6 Å². The largest absolute Gasteiger partial charge is 0.480 e. The Kier molecular flexibility index (Phi) is 7.06. The van der Waals surface area contributed by atoms with Crippen molar-refractivity contribution in [2.75, 3.05) is 6.61 Å². The lowest BCUT2D eigenvalue weighted by atomic mass is 9.64. The summed E-state index contributed by atoms with van der Waals surface area (Å²) in [6.45, 7) is 1.37. The van der Waals surface area contributed by atoms with E-state index in [2.05, 4.69) is 0 Å². The molecule has 0 radical (unpaired) electrons. The minimum absolute atomic E-state index is 0.0223. The van der Waals surface area contributed by atoms with Crippen molar-refractivity contribution in [3.63, 3.8) is 0 Å². The van der Waals surface area contributed by atoms with Crippen LogP contribution >= 0.6 is 0 Å². The number of alkyl halides is 6. The minimum atomic E-state index is -4.95. The summed E-state index contributed by atoms with van der Waals surface area (Å²) in [5, 5.41) is 9.45. The van der Waals surface area contributed by atoms with Gasteiger partial charge in [0.25, 0.3) is 0 Å². The summed E-state index contributed by atoms with van der Waals surface area (Å²) < 4.78 is 85.2. The Morgan fingerprint density at radius 2 is 1.47 bits per heavy atom. The number of hydrogen-bond donors (Lipinski definition) is 2. The highest BCUT2D eigenvalue weighted by Crippen LogP contribution is 2.44. The van der Waals surface area contributed by atoms with Gasteiger partial charge >= 0.3 is 18.3 Å². The molecule has 1 atom stereocenters. The van der Waals surface area contributed by atoms with E-state index in [1.807, 2.05) is 12.1 Å². The fourth-order valence-corrected chi connectivity index (χ4v) is 4.29. The second-order valence-corrected chi connectivity index (χ2v) is 8.90. The zero-order valence-corrected chi connectivity index (χ0v) is 18.3. The van der Waals surface area contributed by atoms with E-state index in [0.717, 1.165) is 5.56 Å². The average Bonchev–Trinajstić information content (AvgIpc) is 2.78. The van der Waals surface area contributed by atoms with Crippen LogP contribution in [-0.4, -0.2) is 23.2 Å². The van der Waals surface area contributed by atoms with Crippen LogP contribution in [0.15, 0.2) is 48.5 Å². The molecule has 2 aromatic rings. The van der Waals surface area contributed by atoms with Crippen molar-refractivity contribution in [1.82, 2.24) is 0 Å². The number of carboxylic acids is 1. The summed E-state index contributed by atoms with van der Waals surface area (Å²) in [5.41, 5.74) is 1.72. The summed E-state index contributed by atoms with van der Waals surface area (Å²) in [6.07, 6.45) is -10.0. The Morgan fingerprint density at radius 3 is 1.91 bits per heavy atom. The van der Waals surface area contributed by atoms with Gasteiger partial charge in [-0.1, -0.05) is 30.3 Å². The van der Waals surface area contributed by atoms with Gasteiger partial charge in [0.05, 0.1) is 23.8 Å². The van der Waals surface area contributed by atoms with Crippen LogP contribution in [0.5, 0.6) is 0 Å². The number of hydrogen-bond acceptors (Lipinski definition) is 3. The van der Waals surface area contributed by atoms with Crippen molar-refractivity contribution < 1.29 is 41.0 Å². The van der Waals surface area contributed by atoms with E-state index >= 15 is 0 Å². The lowest BCUT2D eigenvalue weighted by molar-refractivity contribution is -0.146. The quantitative estimate of drug-likeness (QED) is 0.482. The predicted octanol–water partition coefficient (Wildman–Crippen LogP) is 6.10. The fourth-order valence-electron chi connectivity index (χ4n) is 4.29. The summed E-state index contributed by atoms with van der Waals surface area (Å²) in [4.78, 5) is 11.6. The van der Waals surface area contributed by atoms with Gasteiger partial charge in [0.2, 0.25) is 0 Å². The van der Waals surface area contributed by atoms with Crippen molar-refractivity contribution >= 4 is 5.97 Å². The third-order valence-corrected chi connectivity index (χ3v) is 6.60. The number of halogens is 6. The van der Waals surface area contributed by atoms with Crippen molar-refractivity contribution in [2.24, 2.45) is 5.73 Å². The van der Waals surface area contributed by atoms with Gasteiger partial charge in [-0.2, -0.15) is 26.3 Å². The van der Waals surface area contributed by atoms with E-state index < -0.39 is 46.5 Å². The highest BCUT2D eigenvalue weighted by Gasteiger charge is 2.46. The van der Waals surface area contributed by atoms with Crippen molar-refractivity contribution in [3.8, 4) is 0 Å². The first-order chi connectivity index (χ1) is 15.7. The van der Waals surface area contributed by atoms with Gasteiger partial charge in [-0.25, -0.2) is 0 Å². The Balaban J connectivity index is 1.89. The van der Waals surface area contributed by atoms with Crippen molar-refractivity contribution in [3.05, 3.63) is 70.8 Å². The van der Waals surface area contributed by atoms with Crippen LogP contribution in [0.4, 0.5) is 26.3 Å². The van der Waals surface area contributed by atoms with Crippen LogP contribution in [-0.2, 0) is 27.3 Å². The third-order valence-electron chi connectivity index (χ3n) is 6.60. The number of carboxylic acid groups (broad SMARTS) is 1. The zero-order chi connectivity index (χ0) is 25.4. The molecule has 34 heavy (non-hydrogen) atoms. The van der Waals surface area contributed by atoms with Crippen LogP contribution in [0.3, 0.4) is 0 Å². The SMILES string of the molecule is C[C@@H](OCC1(c2ccccc2)CCC(N)(C(=O)O)CC1)c1cc(C(F)(F)F)cc(C(F)(F)F)c1. The molecule has 0 aliphatic heterocycles. The van der Waals surface area contributed by atoms with E-state index in [1.165, 1.54) is 6.92 Å². The van der Waals surface area contributed by atoms with Gasteiger partial charge in [0.15, 0.2) is 0 Å². The number of ether oxygens (including phenoxy) is 1. The summed E-state index contributed by atoms with van der Waals surface area (Å²) in [6, 6.07) is 10.5. The lowest BCUT2D eigenvalue weighted by Gasteiger charge is -2.43. The number of aliphatic carboxylic acids is 1. The molecule has 186 valence electrons. The maximum Gasteiger partial charge on any atom is 0.416 e. The molecular formula is C24H25F6NO3. The van der Waals surface area contributed by atoms with Crippen molar-refractivity contribution in [2.45, 2.75) is 62.0 Å². The fraction of sp³-hybridized carbons (Fsp3) is 0.458. The second kappa shape index (κ2) is 9.22. The highest BCUT2D eigenvalue weighted by atomic mass is 19.4. The van der Waals surface area contributed by atoms with Crippen LogP contribution in [0.2, 0.25) is 0 Å². The Bertz CT molecular complexity index is 979. The average molecular weight is 489 g/mol. The number of rotatable bonds is 6. The monoisotopic (exact) mass is 489 g/mol. The van der Waals surface area contributed by atoms with E-state index in [1.54, 1.807) is 18.2 Å². The van der Waals surface area contributed by atoms with E-state index in [0.29, 0.717) is 25.0 Å². The lowest BCUT2D eigenvalue weighted by Crippen LogP contribution is -2.54. The molecule has 1 fully saturated rings. The second-order valence-electron chi connectivity index (χ2n) is 8.90. The molecule has 4 nitrogen and oxygen atoms in total. The first-order valence-electron chi connectivity index (χ1n) is 10.7. The van der Waals surface area contributed by atoms with E-state index in [9.17, 15) is 36.2 Å². The van der Waals surface area contributed by atoms with Crippen LogP contribution < -0.4 is 5.73 Å². The molecule has 0 aromatic heterocycles. The van der Waals surface area contributed by atoms with Gasteiger partial charge in [0.1, 0.15) is 5.54 Å². The maximum atomic E-state index is 13.2. The van der Waals surface area contributed by atoms with Gasteiger partial charge in [-0.3, -0.25) is 4.79 Å². The van der Waals surface area contributed by atoms with Gasteiger partial charge in [-0.05, 0) is 61.9 Å². The Morgan fingerprint density at radius 1 is 0.971 bits per heavy atom. The molecule has 0 unspecified atom stereocenters. The number of carbonyl (C=O) groups is 1. The molecule has 1 aliphatic rings. The summed E-state index contributed by atoms with van der Waals surface area (Å²) in [5.74, 6) is -1.12. The molecule has 0 saturated heterocycles. The maximum absolute atomic E-state index is 13.2. The van der Waals surface area contributed by atoms with E-state index in [-0.39, 0.29) is 31.1 Å². The highest BCUT2D eigenvalue weighted by molar-refractivity contribution is 5.78. The standard InChI is InChI=1S/C24H25F6NO3/c1-15(16-11-18(23(25,26)27)13-19(12-16)24(28,29)30)34-14-21(17-5-3-2-4-6-17)7-9-22(31,10-8-21)20(32)33/h2-6,11-13,15H,7-10,14,31H2,1H3,(H,32,33)/t15-,21?,22?/m1/s1. The molecule has 2 aromatic carbocycles. The molecule has 0 spiro atoms. The molecule has 0 amide bonds. The molecule has 0 bridgehead atoms. The summed E-state index contributed by atoms with van der Waals surface area (Å²) in [7, 11) is 0. The molecule has 1 aliphatic carbocycles. The first-order valence-corrected chi connectivity index (χ1v) is 10.7. The van der Waals surface area contributed by atoms with E-state index in [4.69, 9.17) is 10.5 Å². The van der Waals surface area contributed by atoms with Gasteiger partial charge in [-0.15, -0.1) is 0 Å². The summed E-state index contributed by atoms with van der Waals surface area (Å²) >= 11 is 0. The Labute approximate surface area is 192 Å². The Hall–Kier alpha value is -2.59. The van der Waals surface area contributed by atoms with Crippen LogP contribution in [0, 0.1) is 0 Å². The molecular weight excluding hydrogens is 464 g/mol. The normalized spacial score (nSPS) is 24.6. The molecule has 3 rings (SSSR count). The molecule has 1 saturated carbocycles. The van der Waals surface area contributed by atoms with Crippen LogP contribution in [0.25, 0.3) is 0 Å². The molecule has 10 heteroatoms. The number of benzene rings is 2. The first kappa shape index (κ1) is 26.0. The predicted molar refractivity (Wildman–Crippen MR) is 112 cm³/mol. The number of nitrogens with two attached hydrogens (primary N) is 1. The van der Waals surface area contributed by atoms with Gasteiger partial charge in [0, 0.05) is 5.41 Å².